The summed E-state index contributed by atoms with van der Waals surface area (Å²) >= 11 is 20.7. The van der Waals surface area contributed by atoms with Crippen molar-refractivity contribution in [1.82, 2.24) is 0 Å². The first kappa shape index (κ1) is 15.9. The molecule has 0 aromatic heterocycles. The predicted molar refractivity (Wildman–Crippen MR) is 75.3 cm³/mol. The van der Waals surface area contributed by atoms with E-state index < -0.39 is 16.1 Å². The zero-order chi connectivity index (χ0) is 13.8. The Labute approximate surface area is 128 Å². The van der Waals surface area contributed by atoms with Gasteiger partial charge in [-0.15, -0.1) is 0 Å². The van der Waals surface area contributed by atoms with Crippen molar-refractivity contribution < 1.29 is 14.3 Å². The number of rotatable bonds is 3. The van der Waals surface area contributed by atoms with Crippen molar-refractivity contribution in [2.45, 2.75) is 16.8 Å². The fraction of sp³-hybridized carbons (Fsp3) is 0.364. The molecule has 0 amide bonds. The Morgan fingerprint density at radius 1 is 1.33 bits per heavy atom. The number of hydrogen-bond acceptors (Lipinski definition) is 3. The molecule has 1 rings (SSSR count). The fourth-order valence-electron chi connectivity index (χ4n) is 1.21. The third-order valence-electron chi connectivity index (χ3n) is 1.95. The average molecular weight is 376 g/mol. The van der Waals surface area contributed by atoms with E-state index in [0.29, 0.717) is 5.56 Å². The van der Waals surface area contributed by atoms with Crippen LogP contribution in [0.1, 0.15) is 18.6 Å². The summed E-state index contributed by atoms with van der Waals surface area (Å²) in [5.41, 5.74) is 0.561. The van der Waals surface area contributed by atoms with Gasteiger partial charge in [-0.05, 0) is 24.6 Å². The van der Waals surface area contributed by atoms with Crippen molar-refractivity contribution in [2.75, 3.05) is 6.61 Å². The number of alkyl halides is 3. The van der Waals surface area contributed by atoms with Gasteiger partial charge in [0.05, 0.1) is 6.61 Å². The van der Waals surface area contributed by atoms with Crippen molar-refractivity contribution in [3.8, 4) is 0 Å². The maximum atomic E-state index is 11.3. The zero-order valence-corrected chi connectivity index (χ0v) is 13.2. The Morgan fingerprint density at radius 3 is 2.33 bits per heavy atom. The van der Waals surface area contributed by atoms with E-state index in [2.05, 4.69) is 20.7 Å². The van der Waals surface area contributed by atoms with Crippen LogP contribution < -0.4 is 0 Å². The van der Waals surface area contributed by atoms with Gasteiger partial charge in [0.1, 0.15) is 0 Å². The highest BCUT2D eigenvalue weighted by molar-refractivity contribution is 9.10. The second kappa shape index (κ2) is 6.85. The lowest BCUT2D eigenvalue weighted by molar-refractivity contribution is 0.0267. The van der Waals surface area contributed by atoms with Crippen LogP contribution in [0.4, 0.5) is 4.79 Å². The van der Waals surface area contributed by atoms with Gasteiger partial charge in [0.2, 0.25) is 3.79 Å². The highest BCUT2D eigenvalue weighted by Crippen LogP contribution is 2.42. The monoisotopic (exact) mass is 374 g/mol. The largest absolute Gasteiger partial charge is 0.509 e. The standard InChI is InChI=1S/C11H10BrCl3O3/c1-2-17-10(16)18-9(11(13,14)15)7-3-5-8(12)6-4-7/h3-6,9H,2H2,1H3. The maximum absolute atomic E-state index is 11.3. The molecule has 0 aliphatic rings. The van der Waals surface area contributed by atoms with E-state index in [-0.39, 0.29) is 6.61 Å². The molecule has 0 saturated carbocycles. The number of halogens is 4. The molecule has 0 radical (unpaired) electrons. The van der Waals surface area contributed by atoms with Crippen LogP contribution in [0.25, 0.3) is 0 Å². The second-order valence-electron chi connectivity index (χ2n) is 3.27. The first-order valence-corrected chi connectivity index (χ1v) is 6.93. The van der Waals surface area contributed by atoms with E-state index in [9.17, 15) is 4.79 Å². The van der Waals surface area contributed by atoms with Crippen LogP contribution in [-0.4, -0.2) is 16.6 Å². The van der Waals surface area contributed by atoms with Crippen molar-refractivity contribution >= 4 is 56.9 Å². The van der Waals surface area contributed by atoms with E-state index in [1.807, 2.05) is 0 Å². The molecular formula is C11H10BrCl3O3. The minimum atomic E-state index is -1.78. The van der Waals surface area contributed by atoms with Gasteiger partial charge in [-0.1, -0.05) is 62.9 Å². The third kappa shape index (κ3) is 4.84. The van der Waals surface area contributed by atoms with Crippen molar-refractivity contribution in [1.29, 1.82) is 0 Å². The topological polar surface area (TPSA) is 35.5 Å². The Morgan fingerprint density at radius 2 is 1.89 bits per heavy atom. The lowest BCUT2D eigenvalue weighted by Gasteiger charge is -2.24. The zero-order valence-electron chi connectivity index (χ0n) is 9.33. The molecule has 0 aliphatic heterocycles. The number of benzene rings is 1. The Kier molecular flexibility index (Phi) is 6.05. The van der Waals surface area contributed by atoms with Crippen molar-refractivity contribution in [3.05, 3.63) is 34.3 Å². The van der Waals surface area contributed by atoms with Gasteiger partial charge in [0, 0.05) is 4.47 Å². The molecule has 100 valence electrons. The summed E-state index contributed by atoms with van der Waals surface area (Å²) in [4.78, 5) is 11.3. The molecule has 1 atom stereocenters. The molecule has 7 heteroatoms. The highest BCUT2D eigenvalue weighted by atomic mass is 79.9. The molecule has 3 nitrogen and oxygen atoms in total. The van der Waals surface area contributed by atoms with Crippen LogP contribution in [0, 0.1) is 0 Å². The van der Waals surface area contributed by atoms with Gasteiger partial charge < -0.3 is 9.47 Å². The van der Waals surface area contributed by atoms with E-state index in [1.54, 1.807) is 31.2 Å². The van der Waals surface area contributed by atoms with Crippen LogP contribution in [0.3, 0.4) is 0 Å². The lowest BCUT2D eigenvalue weighted by atomic mass is 10.1. The molecule has 0 bridgehead atoms. The van der Waals surface area contributed by atoms with Crippen LogP contribution in [0.5, 0.6) is 0 Å². The number of carbonyl (C=O) groups excluding carboxylic acids is 1. The van der Waals surface area contributed by atoms with Crippen molar-refractivity contribution in [3.63, 3.8) is 0 Å². The SMILES string of the molecule is CCOC(=O)OC(c1ccc(Br)cc1)C(Cl)(Cl)Cl. The van der Waals surface area contributed by atoms with E-state index in [0.717, 1.165) is 4.47 Å². The fourth-order valence-corrected chi connectivity index (χ4v) is 1.99. The molecule has 0 spiro atoms. The summed E-state index contributed by atoms with van der Waals surface area (Å²) in [6.07, 6.45) is -1.91. The number of hydrogen-bond donors (Lipinski definition) is 0. The van der Waals surface area contributed by atoms with Gasteiger partial charge >= 0.3 is 6.16 Å². The Balaban J connectivity index is 2.92. The Bertz CT molecular complexity index is 403. The first-order valence-electron chi connectivity index (χ1n) is 5.00. The summed E-state index contributed by atoms with van der Waals surface area (Å²) in [6, 6.07) is 6.90. The smallest absolute Gasteiger partial charge is 0.435 e. The molecule has 0 heterocycles. The van der Waals surface area contributed by atoms with E-state index in [4.69, 9.17) is 39.5 Å². The molecule has 0 saturated heterocycles. The minimum absolute atomic E-state index is 0.186. The molecule has 0 fully saturated rings. The summed E-state index contributed by atoms with van der Waals surface area (Å²) in [7, 11) is 0. The van der Waals surface area contributed by atoms with Gasteiger partial charge in [-0.3, -0.25) is 0 Å². The highest BCUT2D eigenvalue weighted by Gasteiger charge is 2.37. The molecular weight excluding hydrogens is 366 g/mol. The van der Waals surface area contributed by atoms with Gasteiger partial charge in [0.25, 0.3) is 0 Å². The summed E-state index contributed by atoms with van der Waals surface area (Å²) in [5.74, 6) is 0. The second-order valence-corrected chi connectivity index (χ2v) is 6.56. The summed E-state index contributed by atoms with van der Waals surface area (Å²) < 4.78 is 8.76. The normalized spacial score (nSPS) is 12.9. The summed E-state index contributed by atoms with van der Waals surface area (Å²) in [6.45, 7) is 1.84. The molecule has 1 aromatic carbocycles. The molecule has 1 aromatic rings. The molecule has 0 aliphatic carbocycles. The van der Waals surface area contributed by atoms with Crippen LogP contribution in [-0.2, 0) is 9.47 Å². The van der Waals surface area contributed by atoms with Crippen LogP contribution in [0.2, 0.25) is 0 Å². The number of ether oxygens (including phenoxy) is 2. The predicted octanol–water partition coefficient (Wildman–Crippen LogP) is 5.03. The quantitative estimate of drug-likeness (QED) is 0.548. The Hall–Kier alpha value is -0.160. The molecule has 1 unspecified atom stereocenters. The van der Waals surface area contributed by atoms with Gasteiger partial charge in [-0.25, -0.2) is 4.79 Å². The molecule has 18 heavy (non-hydrogen) atoms. The van der Waals surface area contributed by atoms with Gasteiger partial charge in [0.15, 0.2) is 6.10 Å². The third-order valence-corrected chi connectivity index (χ3v) is 3.07. The van der Waals surface area contributed by atoms with Crippen LogP contribution in [0.15, 0.2) is 28.7 Å². The van der Waals surface area contributed by atoms with Gasteiger partial charge in [-0.2, -0.15) is 0 Å². The van der Waals surface area contributed by atoms with E-state index >= 15 is 0 Å². The maximum Gasteiger partial charge on any atom is 0.509 e. The minimum Gasteiger partial charge on any atom is -0.435 e. The lowest BCUT2D eigenvalue weighted by Crippen LogP contribution is -2.24. The first-order chi connectivity index (χ1) is 8.34. The number of carbonyl (C=O) groups is 1. The van der Waals surface area contributed by atoms with E-state index in [1.165, 1.54) is 0 Å². The van der Waals surface area contributed by atoms with Crippen molar-refractivity contribution in [2.24, 2.45) is 0 Å². The average Bonchev–Trinajstić information content (AvgIpc) is 2.26. The molecule has 0 N–H and O–H groups in total. The van der Waals surface area contributed by atoms with Crippen LogP contribution >= 0.6 is 50.7 Å². The summed E-state index contributed by atoms with van der Waals surface area (Å²) in [5, 5.41) is 0.